The van der Waals surface area contributed by atoms with Crippen molar-refractivity contribution in [2.75, 3.05) is 0 Å². The van der Waals surface area contributed by atoms with Crippen LogP contribution >= 0.6 is 0 Å². The van der Waals surface area contributed by atoms with Crippen molar-refractivity contribution < 1.29 is 4.42 Å². The highest BCUT2D eigenvalue weighted by Gasteiger charge is 2.29. The summed E-state index contributed by atoms with van der Waals surface area (Å²) in [6.07, 6.45) is 6.16. The SMILES string of the molecule is CCc1ccc(C(N)C2CCCc3cccnc32)o1. The van der Waals surface area contributed by atoms with Gasteiger partial charge in [-0.05, 0) is 43.0 Å². The van der Waals surface area contributed by atoms with E-state index in [-0.39, 0.29) is 12.0 Å². The Labute approximate surface area is 113 Å². The third-order valence-corrected chi connectivity index (χ3v) is 4.03. The number of aryl methyl sites for hydroxylation is 2. The summed E-state index contributed by atoms with van der Waals surface area (Å²) in [7, 11) is 0. The molecular weight excluding hydrogens is 236 g/mol. The van der Waals surface area contributed by atoms with E-state index in [0.29, 0.717) is 0 Å². The Bertz CT molecular complexity index is 561. The largest absolute Gasteiger partial charge is 0.464 e. The lowest BCUT2D eigenvalue weighted by molar-refractivity contribution is 0.376. The molecule has 1 aliphatic rings. The molecule has 1 aliphatic carbocycles. The number of hydrogen-bond donors (Lipinski definition) is 1. The molecule has 2 aromatic rings. The van der Waals surface area contributed by atoms with Crippen molar-refractivity contribution in [1.29, 1.82) is 0 Å². The van der Waals surface area contributed by atoms with Gasteiger partial charge in [0.1, 0.15) is 11.5 Å². The highest BCUT2D eigenvalue weighted by Crippen LogP contribution is 2.38. The first-order valence-electron chi connectivity index (χ1n) is 7.07. The second-order valence-electron chi connectivity index (χ2n) is 5.23. The third-order valence-electron chi connectivity index (χ3n) is 4.03. The van der Waals surface area contributed by atoms with Crippen molar-refractivity contribution in [3.05, 3.63) is 53.2 Å². The van der Waals surface area contributed by atoms with Crippen LogP contribution in [0.15, 0.2) is 34.9 Å². The molecule has 0 bridgehead atoms. The van der Waals surface area contributed by atoms with Crippen LogP contribution in [-0.2, 0) is 12.8 Å². The molecule has 3 heteroatoms. The van der Waals surface area contributed by atoms with Gasteiger partial charge in [-0.15, -0.1) is 0 Å². The van der Waals surface area contributed by atoms with Crippen LogP contribution in [0.4, 0.5) is 0 Å². The number of nitrogens with zero attached hydrogens (tertiary/aromatic N) is 1. The van der Waals surface area contributed by atoms with Crippen molar-refractivity contribution in [2.24, 2.45) is 5.73 Å². The molecule has 2 heterocycles. The number of furan rings is 1. The van der Waals surface area contributed by atoms with E-state index < -0.39 is 0 Å². The van der Waals surface area contributed by atoms with Gasteiger partial charge < -0.3 is 10.2 Å². The maximum Gasteiger partial charge on any atom is 0.121 e. The molecule has 2 atom stereocenters. The van der Waals surface area contributed by atoms with Crippen molar-refractivity contribution in [2.45, 2.75) is 44.6 Å². The van der Waals surface area contributed by atoms with Gasteiger partial charge in [-0.1, -0.05) is 13.0 Å². The first-order valence-corrected chi connectivity index (χ1v) is 7.07. The molecule has 0 aliphatic heterocycles. The third kappa shape index (κ3) is 2.30. The Balaban J connectivity index is 1.90. The van der Waals surface area contributed by atoms with Crippen molar-refractivity contribution in [3.8, 4) is 0 Å². The maximum atomic E-state index is 6.42. The smallest absolute Gasteiger partial charge is 0.121 e. The minimum atomic E-state index is -0.0887. The Hall–Kier alpha value is -1.61. The summed E-state index contributed by atoms with van der Waals surface area (Å²) < 4.78 is 5.81. The number of rotatable bonds is 3. The van der Waals surface area contributed by atoms with Gasteiger partial charge in [0.25, 0.3) is 0 Å². The van der Waals surface area contributed by atoms with E-state index in [0.717, 1.165) is 36.5 Å². The molecule has 0 saturated carbocycles. The quantitative estimate of drug-likeness (QED) is 0.916. The van der Waals surface area contributed by atoms with E-state index in [1.165, 1.54) is 12.0 Å². The summed E-state index contributed by atoms with van der Waals surface area (Å²) in [5.74, 6) is 2.17. The Kier molecular flexibility index (Phi) is 3.38. The van der Waals surface area contributed by atoms with Crippen LogP contribution in [0.2, 0.25) is 0 Å². The summed E-state index contributed by atoms with van der Waals surface area (Å²) in [4.78, 5) is 4.55. The minimum absolute atomic E-state index is 0.0887. The number of pyridine rings is 1. The Morgan fingerprint density at radius 2 is 2.32 bits per heavy atom. The normalized spacial score (nSPS) is 20.0. The summed E-state index contributed by atoms with van der Waals surface area (Å²) in [5, 5.41) is 0. The molecular formula is C16H20N2O. The zero-order valence-electron chi connectivity index (χ0n) is 11.3. The van der Waals surface area contributed by atoms with Gasteiger partial charge >= 0.3 is 0 Å². The number of fused-ring (bicyclic) bond motifs is 1. The molecule has 0 aromatic carbocycles. The fourth-order valence-corrected chi connectivity index (χ4v) is 2.96. The second kappa shape index (κ2) is 5.17. The highest BCUT2D eigenvalue weighted by molar-refractivity contribution is 5.29. The molecule has 2 aromatic heterocycles. The van der Waals surface area contributed by atoms with Crippen LogP contribution in [0.5, 0.6) is 0 Å². The van der Waals surface area contributed by atoms with E-state index in [1.807, 2.05) is 24.4 Å². The first kappa shape index (κ1) is 12.4. The van der Waals surface area contributed by atoms with Gasteiger partial charge in [-0.3, -0.25) is 4.98 Å². The number of nitrogens with two attached hydrogens (primary N) is 1. The summed E-state index contributed by atoms with van der Waals surface area (Å²) in [5.41, 5.74) is 8.93. The van der Waals surface area contributed by atoms with Crippen LogP contribution in [0, 0.1) is 0 Å². The zero-order valence-corrected chi connectivity index (χ0v) is 11.3. The fraction of sp³-hybridized carbons (Fsp3) is 0.438. The molecule has 2 unspecified atom stereocenters. The average Bonchev–Trinajstić information content (AvgIpc) is 2.95. The summed E-state index contributed by atoms with van der Waals surface area (Å²) in [6.45, 7) is 2.09. The summed E-state index contributed by atoms with van der Waals surface area (Å²) >= 11 is 0. The van der Waals surface area contributed by atoms with Crippen molar-refractivity contribution in [1.82, 2.24) is 4.98 Å². The van der Waals surface area contributed by atoms with Crippen LogP contribution < -0.4 is 5.73 Å². The van der Waals surface area contributed by atoms with Crippen LogP contribution in [0.25, 0.3) is 0 Å². The molecule has 0 amide bonds. The molecule has 0 saturated heterocycles. The highest BCUT2D eigenvalue weighted by atomic mass is 16.3. The predicted octanol–water partition coefficient (Wildman–Crippen LogP) is 3.36. The molecule has 19 heavy (non-hydrogen) atoms. The number of aromatic nitrogens is 1. The van der Waals surface area contributed by atoms with E-state index in [2.05, 4.69) is 18.0 Å². The maximum absolute atomic E-state index is 6.42. The van der Waals surface area contributed by atoms with Gasteiger partial charge in [0.05, 0.1) is 6.04 Å². The van der Waals surface area contributed by atoms with Gasteiger partial charge in [-0.2, -0.15) is 0 Å². The number of hydrogen-bond acceptors (Lipinski definition) is 3. The van der Waals surface area contributed by atoms with E-state index in [9.17, 15) is 0 Å². The Morgan fingerprint density at radius 3 is 3.11 bits per heavy atom. The lowest BCUT2D eigenvalue weighted by Crippen LogP contribution is -2.24. The standard InChI is InChI=1S/C16H20N2O/c1-2-12-8-9-14(19-12)15(17)13-7-3-5-11-6-4-10-18-16(11)13/h4,6,8-10,13,15H,2-3,5,7,17H2,1H3. The molecule has 2 N–H and O–H groups in total. The van der Waals surface area contributed by atoms with Crippen molar-refractivity contribution in [3.63, 3.8) is 0 Å². The zero-order chi connectivity index (χ0) is 13.2. The lowest BCUT2D eigenvalue weighted by atomic mass is 9.81. The van der Waals surface area contributed by atoms with E-state index >= 15 is 0 Å². The average molecular weight is 256 g/mol. The minimum Gasteiger partial charge on any atom is -0.464 e. The monoisotopic (exact) mass is 256 g/mol. The molecule has 3 rings (SSSR count). The second-order valence-corrected chi connectivity index (χ2v) is 5.23. The molecule has 0 radical (unpaired) electrons. The van der Waals surface area contributed by atoms with Gasteiger partial charge in [0.2, 0.25) is 0 Å². The first-order chi connectivity index (χ1) is 9.29. The van der Waals surface area contributed by atoms with E-state index in [4.69, 9.17) is 10.2 Å². The molecule has 0 fully saturated rings. The summed E-state index contributed by atoms with van der Waals surface area (Å²) in [6, 6.07) is 8.13. The van der Waals surface area contributed by atoms with Gasteiger partial charge in [0, 0.05) is 24.2 Å². The lowest BCUT2D eigenvalue weighted by Gasteiger charge is -2.28. The van der Waals surface area contributed by atoms with Crippen molar-refractivity contribution >= 4 is 0 Å². The van der Waals surface area contributed by atoms with Gasteiger partial charge in [-0.25, -0.2) is 0 Å². The Morgan fingerprint density at radius 1 is 1.42 bits per heavy atom. The molecule has 100 valence electrons. The van der Waals surface area contributed by atoms with Crippen LogP contribution in [-0.4, -0.2) is 4.98 Å². The fourth-order valence-electron chi connectivity index (χ4n) is 2.96. The predicted molar refractivity (Wildman–Crippen MR) is 74.9 cm³/mol. The van der Waals surface area contributed by atoms with E-state index in [1.54, 1.807) is 0 Å². The van der Waals surface area contributed by atoms with Crippen LogP contribution in [0.3, 0.4) is 0 Å². The molecule has 3 nitrogen and oxygen atoms in total. The van der Waals surface area contributed by atoms with Crippen LogP contribution in [0.1, 0.15) is 54.5 Å². The van der Waals surface area contributed by atoms with Gasteiger partial charge in [0.15, 0.2) is 0 Å². The topological polar surface area (TPSA) is 52.0 Å². The molecule has 0 spiro atoms.